The molecular formula is C10H9NO4. The molecule has 5 heteroatoms. The van der Waals surface area contributed by atoms with Crippen molar-refractivity contribution in [1.29, 1.82) is 0 Å². The summed E-state index contributed by atoms with van der Waals surface area (Å²) in [6.45, 7) is 1.05. The molecular weight excluding hydrogens is 198 g/mol. The number of hydrogen-bond acceptors (Lipinski definition) is 4. The van der Waals surface area contributed by atoms with Gasteiger partial charge >= 0.3 is 0 Å². The van der Waals surface area contributed by atoms with Crippen LogP contribution >= 0.6 is 0 Å². The first-order valence-electron chi connectivity index (χ1n) is 4.47. The van der Waals surface area contributed by atoms with Gasteiger partial charge in [0.2, 0.25) is 6.20 Å². The summed E-state index contributed by atoms with van der Waals surface area (Å²) in [7, 11) is 0. The summed E-state index contributed by atoms with van der Waals surface area (Å²) in [6.07, 6.45) is 2.31. The Morgan fingerprint density at radius 1 is 1.27 bits per heavy atom. The van der Waals surface area contributed by atoms with Crippen LogP contribution in [-0.2, 0) is 0 Å². The molecule has 0 atom stereocenters. The normalized spacial score (nSPS) is 14.1. The van der Waals surface area contributed by atoms with E-state index in [0.29, 0.717) is 24.7 Å². The second kappa shape index (κ2) is 4.00. The summed E-state index contributed by atoms with van der Waals surface area (Å²) in [5.74, 6) is 1.31. The third-order valence-electron chi connectivity index (χ3n) is 1.95. The summed E-state index contributed by atoms with van der Waals surface area (Å²) in [5, 5.41) is 10.1. The van der Waals surface area contributed by atoms with Gasteiger partial charge in [-0.2, -0.15) is 0 Å². The Labute approximate surface area is 86.1 Å². The van der Waals surface area contributed by atoms with Crippen LogP contribution in [0.15, 0.2) is 24.4 Å². The summed E-state index contributed by atoms with van der Waals surface area (Å²) in [6, 6.07) is 5.20. The average Bonchev–Trinajstić information content (AvgIpc) is 2.26. The molecule has 1 aromatic rings. The molecule has 0 unspecified atom stereocenters. The molecule has 0 aromatic heterocycles. The Balaban J connectivity index is 2.24. The number of rotatable bonds is 2. The molecule has 0 spiro atoms. The molecule has 78 valence electrons. The highest BCUT2D eigenvalue weighted by Crippen LogP contribution is 2.30. The Morgan fingerprint density at radius 3 is 2.73 bits per heavy atom. The minimum atomic E-state index is -0.503. The molecule has 1 aliphatic rings. The summed E-state index contributed by atoms with van der Waals surface area (Å²) in [4.78, 5) is 9.62. The highest BCUT2D eigenvalue weighted by Gasteiger charge is 2.10. The Kier molecular flexibility index (Phi) is 2.53. The first-order chi connectivity index (χ1) is 7.25. The van der Waals surface area contributed by atoms with Crippen molar-refractivity contribution >= 4 is 6.08 Å². The maximum Gasteiger partial charge on any atom is 0.235 e. The van der Waals surface area contributed by atoms with Crippen molar-refractivity contribution in [2.75, 3.05) is 13.2 Å². The fraction of sp³-hybridized carbons (Fsp3) is 0.200. The van der Waals surface area contributed by atoms with Crippen LogP contribution in [-0.4, -0.2) is 18.1 Å². The van der Waals surface area contributed by atoms with E-state index in [1.54, 1.807) is 18.2 Å². The zero-order valence-corrected chi connectivity index (χ0v) is 7.88. The van der Waals surface area contributed by atoms with Gasteiger partial charge in [0.1, 0.15) is 13.2 Å². The quantitative estimate of drug-likeness (QED) is 0.547. The molecule has 1 aromatic carbocycles. The molecule has 0 N–H and O–H groups in total. The highest BCUT2D eigenvalue weighted by atomic mass is 16.6. The van der Waals surface area contributed by atoms with Gasteiger partial charge in [0.15, 0.2) is 11.5 Å². The molecule has 5 nitrogen and oxygen atoms in total. The van der Waals surface area contributed by atoms with Crippen molar-refractivity contribution in [2.24, 2.45) is 0 Å². The number of ether oxygens (including phenoxy) is 2. The lowest BCUT2D eigenvalue weighted by atomic mass is 10.2. The van der Waals surface area contributed by atoms with Gasteiger partial charge in [-0.15, -0.1) is 0 Å². The van der Waals surface area contributed by atoms with Crippen molar-refractivity contribution in [3.05, 3.63) is 40.1 Å². The minimum absolute atomic E-state index is 0.503. The second-order valence-corrected chi connectivity index (χ2v) is 3.00. The van der Waals surface area contributed by atoms with E-state index in [-0.39, 0.29) is 0 Å². The van der Waals surface area contributed by atoms with Gasteiger partial charge in [-0.25, -0.2) is 0 Å². The van der Waals surface area contributed by atoms with Gasteiger partial charge in [0.05, 0.1) is 4.92 Å². The number of nitro groups is 1. The molecule has 0 amide bonds. The van der Waals surface area contributed by atoms with Gasteiger partial charge in [-0.3, -0.25) is 10.1 Å². The first kappa shape index (κ1) is 9.51. The molecule has 0 fully saturated rings. The van der Waals surface area contributed by atoms with Crippen molar-refractivity contribution in [2.45, 2.75) is 0 Å². The van der Waals surface area contributed by atoms with E-state index in [0.717, 1.165) is 11.8 Å². The van der Waals surface area contributed by atoms with Crippen LogP contribution in [0.2, 0.25) is 0 Å². The second-order valence-electron chi connectivity index (χ2n) is 3.00. The van der Waals surface area contributed by atoms with Gasteiger partial charge < -0.3 is 9.47 Å². The minimum Gasteiger partial charge on any atom is -0.486 e. The van der Waals surface area contributed by atoms with Crippen molar-refractivity contribution in [3.8, 4) is 11.5 Å². The van der Waals surface area contributed by atoms with Gasteiger partial charge in [-0.05, 0) is 17.7 Å². The van der Waals surface area contributed by atoms with E-state index in [2.05, 4.69) is 0 Å². The third-order valence-corrected chi connectivity index (χ3v) is 1.95. The molecule has 0 saturated heterocycles. The fourth-order valence-electron chi connectivity index (χ4n) is 1.31. The van der Waals surface area contributed by atoms with E-state index in [1.165, 1.54) is 6.08 Å². The van der Waals surface area contributed by atoms with Gasteiger partial charge in [0, 0.05) is 6.08 Å². The van der Waals surface area contributed by atoms with Crippen LogP contribution in [0, 0.1) is 10.1 Å². The molecule has 1 heterocycles. The number of hydrogen-bond donors (Lipinski definition) is 0. The molecule has 2 rings (SSSR count). The Hall–Kier alpha value is -2.04. The number of nitrogens with zero attached hydrogens (tertiary/aromatic N) is 1. The van der Waals surface area contributed by atoms with E-state index >= 15 is 0 Å². The van der Waals surface area contributed by atoms with Gasteiger partial charge in [0.25, 0.3) is 0 Å². The van der Waals surface area contributed by atoms with E-state index in [1.807, 2.05) is 0 Å². The SMILES string of the molecule is O=[N+]([O-])/C=C/c1ccc2c(c1)OCCO2. The zero-order chi connectivity index (χ0) is 10.7. The molecule has 0 saturated carbocycles. The smallest absolute Gasteiger partial charge is 0.235 e. The highest BCUT2D eigenvalue weighted by molar-refractivity contribution is 5.55. The number of benzene rings is 1. The summed E-state index contributed by atoms with van der Waals surface area (Å²) in [5.41, 5.74) is 0.718. The van der Waals surface area contributed by atoms with Crippen LogP contribution in [0.4, 0.5) is 0 Å². The van der Waals surface area contributed by atoms with Crippen molar-refractivity contribution in [1.82, 2.24) is 0 Å². The summed E-state index contributed by atoms with van der Waals surface area (Å²) < 4.78 is 10.7. The Morgan fingerprint density at radius 2 is 2.00 bits per heavy atom. The molecule has 0 bridgehead atoms. The van der Waals surface area contributed by atoms with E-state index in [4.69, 9.17) is 9.47 Å². The van der Waals surface area contributed by atoms with E-state index < -0.39 is 4.92 Å². The van der Waals surface area contributed by atoms with Crippen LogP contribution < -0.4 is 9.47 Å². The summed E-state index contributed by atoms with van der Waals surface area (Å²) >= 11 is 0. The lowest BCUT2D eigenvalue weighted by molar-refractivity contribution is -0.400. The lowest BCUT2D eigenvalue weighted by Crippen LogP contribution is -2.15. The van der Waals surface area contributed by atoms with Crippen LogP contribution in [0.1, 0.15) is 5.56 Å². The first-order valence-corrected chi connectivity index (χ1v) is 4.47. The Bertz CT molecular complexity index is 414. The molecule has 1 aliphatic heterocycles. The zero-order valence-electron chi connectivity index (χ0n) is 7.88. The molecule has 15 heavy (non-hydrogen) atoms. The van der Waals surface area contributed by atoms with Crippen LogP contribution in [0.25, 0.3) is 6.08 Å². The van der Waals surface area contributed by atoms with E-state index in [9.17, 15) is 10.1 Å². The fourth-order valence-corrected chi connectivity index (χ4v) is 1.31. The monoisotopic (exact) mass is 207 g/mol. The van der Waals surface area contributed by atoms with Crippen LogP contribution in [0.5, 0.6) is 11.5 Å². The molecule has 0 aliphatic carbocycles. The predicted molar refractivity (Wildman–Crippen MR) is 53.5 cm³/mol. The molecule has 0 radical (unpaired) electrons. The van der Waals surface area contributed by atoms with Gasteiger partial charge in [-0.1, -0.05) is 6.07 Å². The van der Waals surface area contributed by atoms with Crippen LogP contribution in [0.3, 0.4) is 0 Å². The lowest BCUT2D eigenvalue weighted by Gasteiger charge is -2.18. The third kappa shape index (κ3) is 2.25. The number of fused-ring (bicyclic) bond motifs is 1. The standard InChI is InChI=1S/C10H9NO4/c12-11(13)4-3-8-1-2-9-10(7-8)15-6-5-14-9/h1-4,7H,5-6H2/b4-3+. The topological polar surface area (TPSA) is 61.6 Å². The largest absolute Gasteiger partial charge is 0.486 e. The maximum absolute atomic E-state index is 10.1. The predicted octanol–water partition coefficient (Wildman–Crippen LogP) is 1.71. The maximum atomic E-state index is 10.1. The van der Waals surface area contributed by atoms with Crippen molar-refractivity contribution < 1.29 is 14.4 Å². The van der Waals surface area contributed by atoms with Crippen molar-refractivity contribution in [3.63, 3.8) is 0 Å². The average molecular weight is 207 g/mol.